The largest absolute Gasteiger partial charge is 0.495 e. The van der Waals surface area contributed by atoms with Gasteiger partial charge in [-0.2, -0.15) is 5.26 Å². The number of ether oxygens (including phenoxy) is 2. The molecule has 1 fully saturated rings. The summed E-state index contributed by atoms with van der Waals surface area (Å²) in [7, 11) is 1.50. The fourth-order valence-electron chi connectivity index (χ4n) is 3.17. The molecule has 0 unspecified atom stereocenters. The van der Waals surface area contributed by atoms with E-state index in [1.807, 2.05) is 6.07 Å². The zero-order chi connectivity index (χ0) is 21.3. The van der Waals surface area contributed by atoms with E-state index in [4.69, 9.17) is 9.47 Å². The van der Waals surface area contributed by atoms with Gasteiger partial charge in [-0.3, -0.25) is 9.59 Å². The number of carbonyl (C=O) groups excluding carboxylic acids is 2. The van der Waals surface area contributed by atoms with E-state index in [9.17, 15) is 14.9 Å². The van der Waals surface area contributed by atoms with E-state index in [1.165, 1.54) is 13.2 Å². The Morgan fingerprint density at radius 2 is 1.77 bits per heavy atom. The molecule has 0 atom stereocenters. The summed E-state index contributed by atoms with van der Waals surface area (Å²) in [5.41, 5.74) is 0.910. The quantitative estimate of drug-likeness (QED) is 0.564. The number of carbonyl (C=O) groups is 2. The third-order valence-electron chi connectivity index (χ3n) is 4.75. The third-order valence-corrected chi connectivity index (χ3v) is 4.75. The van der Waals surface area contributed by atoms with Crippen LogP contribution in [0.15, 0.2) is 54.1 Å². The number of methoxy groups -OCH3 is 1. The summed E-state index contributed by atoms with van der Waals surface area (Å²) in [4.78, 5) is 26.6. The monoisotopic (exact) mass is 405 g/mol. The zero-order valence-corrected chi connectivity index (χ0v) is 16.8. The van der Waals surface area contributed by atoms with Gasteiger partial charge in [0, 0.05) is 18.7 Å². The van der Waals surface area contributed by atoms with Crippen LogP contribution in [-0.4, -0.2) is 43.5 Å². The summed E-state index contributed by atoms with van der Waals surface area (Å²) in [6.07, 6.45) is 3.47. The van der Waals surface area contributed by atoms with Crippen molar-refractivity contribution in [2.75, 3.05) is 32.1 Å². The summed E-state index contributed by atoms with van der Waals surface area (Å²) >= 11 is 0. The number of hydrogen-bond acceptors (Lipinski definition) is 5. The van der Waals surface area contributed by atoms with Crippen molar-refractivity contribution in [1.82, 2.24) is 4.90 Å². The number of hydrogen-bond donors (Lipinski definition) is 1. The minimum Gasteiger partial charge on any atom is -0.495 e. The minimum absolute atomic E-state index is 0.0688. The number of nitriles is 1. The van der Waals surface area contributed by atoms with E-state index in [0.717, 1.165) is 25.9 Å². The highest BCUT2D eigenvalue weighted by Gasteiger charge is 2.19. The van der Waals surface area contributed by atoms with Gasteiger partial charge < -0.3 is 19.7 Å². The van der Waals surface area contributed by atoms with Gasteiger partial charge in [-0.15, -0.1) is 0 Å². The van der Waals surface area contributed by atoms with E-state index in [2.05, 4.69) is 5.32 Å². The second kappa shape index (κ2) is 10.1. The van der Waals surface area contributed by atoms with E-state index in [0.29, 0.717) is 22.7 Å². The van der Waals surface area contributed by atoms with Crippen LogP contribution in [0.5, 0.6) is 11.5 Å². The number of nitrogens with one attached hydrogen (secondary N) is 1. The Kier molecular flexibility index (Phi) is 7.06. The fraction of sp³-hybridized carbons (Fsp3) is 0.261. The van der Waals surface area contributed by atoms with E-state index >= 15 is 0 Å². The predicted octanol–water partition coefficient (Wildman–Crippen LogP) is 3.24. The molecular formula is C23H23N3O4. The maximum absolute atomic E-state index is 12.6. The Morgan fingerprint density at radius 1 is 1.10 bits per heavy atom. The van der Waals surface area contributed by atoms with Crippen molar-refractivity contribution >= 4 is 23.6 Å². The average Bonchev–Trinajstić information content (AvgIpc) is 3.32. The van der Waals surface area contributed by atoms with Crippen LogP contribution in [0.25, 0.3) is 6.08 Å². The number of benzene rings is 2. The molecule has 1 aliphatic rings. The highest BCUT2D eigenvalue weighted by Crippen LogP contribution is 2.25. The van der Waals surface area contributed by atoms with E-state index in [-0.39, 0.29) is 18.1 Å². The Bertz CT molecular complexity index is 988. The van der Waals surface area contributed by atoms with Gasteiger partial charge in [-0.25, -0.2) is 0 Å². The topological polar surface area (TPSA) is 91.7 Å². The second-order valence-corrected chi connectivity index (χ2v) is 6.74. The van der Waals surface area contributed by atoms with Crippen molar-refractivity contribution in [2.45, 2.75) is 12.8 Å². The van der Waals surface area contributed by atoms with Gasteiger partial charge in [-0.1, -0.05) is 30.3 Å². The number of amides is 2. The molecule has 3 rings (SSSR count). The highest BCUT2D eigenvalue weighted by molar-refractivity contribution is 6.10. The lowest BCUT2D eigenvalue weighted by atomic mass is 10.1. The zero-order valence-electron chi connectivity index (χ0n) is 16.8. The summed E-state index contributed by atoms with van der Waals surface area (Å²) < 4.78 is 10.9. The van der Waals surface area contributed by atoms with Crippen LogP contribution < -0.4 is 14.8 Å². The number of anilines is 1. The highest BCUT2D eigenvalue weighted by atomic mass is 16.5. The number of likely N-dealkylation sites (tertiary alicyclic amines) is 1. The van der Waals surface area contributed by atoms with Crippen LogP contribution >= 0.6 is 0 Å². The SMILES string of the molecule is COc1ccccc1NC(=O)/C(C#N)=C/c1ccccc1OCC(=O)N1CCCC1. The van der Waals surface area contributed by atoms with Crippen LogP contribution in [0.1, 0.15) is 18.4 Å². The molecule has 0 aromatic heterocycles. The molecule has 1 aliphatic heterocycles. The van der Waals surface area contributed by atoms with Crippen LogP contribution in [0, 0.1) is 11.3 Å². The molecule has 2 aromatic rings. The van der Waals surface area contributed by atoms with Crippen LogP contribution in [0.3, 0.4) is 0 Å². The van der Waals surface area contributed by atoms with Crippen molar-refractivity contribution < 1.29 is 19.1 Å². The van der Waals surface area contributed by atoms with Gasteiger partial charge in [0.1, 0.15) is 23.1 Å². The third kappa shape index (κ3) is 5.17. The Morgan fingerprint density at radius 3 is 2.47 bits per heavy atom. The Hall–Kier alpha value is -3.79. The van der Waals surface area contributed by atoms with E-state index < -0.39 is 5.91 Å². The maximum Gasteiger partial charge on any atom is 0.266 e. The summed E-state index contributed by atoms with van der Waals surface area (Å²) in [5.74, 6) is 0.292. The smallest absolute Gasteiger partial charge is 0.266 e. The molecule has 1 heterocycles. The maximum atomic E-state index is 12.6. The van der Waals surface area contributed by atoms with Crippen molar-refractivity contribution in [3.8, 4) is 17.6 Å². The summed E-state index contributed by atoms with van der Waals surface area (Å²) in [6.45, 7) is 1.43. The lowest BCUT2D eigenvalue weighted by Gasteiger charge is -2.16. The molecule has 0 aliphatic carbocycles. The molecular weight excluding hydrogens is 382 g/mol. The predicted molar refractivity (Wildman–Crippen MR) is 113 cm³/mol. The molecule has 0 spiro atoms. The van der Waals surface area contributed by atoms with Gasteiger partial charge in [0.05, 0.1) is 12.8 Å². The Labute approximate surface area is 175 Å². The van der Waals surface area contributed by atoms with Gasteiger partial charge >= 0.3 is 0 Å². The summed E-state index contributed by atoms with van der Waals surface area (Å²) in [5, 5.41) is 12.2. The van der Waals surface area contributed by atoms with Gasteiger partial charge in [0.2, 0.25) is 0 Å². The van der Waals surface area contributed by atoms with Crippen molar-refractivity contribution in [1.29, 1.82) is 5.26 Å². The number of para-hydroxylation sites is 3. The lowest BCUT2D eigenvalue weighted by molar-refractivity contribution is -0.132. The molecule has 1 saturated heterocycles. The standard InChI is InChI=1S/C23H23N3O4/c1-29-21-11-5-3-9-19(21)25-23(28)18(15-24)14-17-8-2-4-10-20(17)30-16-22(27)26-12-6-7-13-26/h2-5,8-11,14H,6-7,12-13,16H2,1H3,(H,25,28)/b18-14+. The minimum atomic E-state index is -0.565. The molecule has 0 bridgehead atoms. The first-order valence-electron chi connectivity index (χ1n) is 9.68. The lowest BCUT2D eigenvalue weighted by Crippen LogP contribution is -2.32. The molecule has 0 radical (unpaired) electrons. The molecule has 1 N–H and O–H groups in total. The molecule has 30 heavy (non-hydrogen) atoms. The van der Waals surface area contributed by atoms with E-state index in [1.54, 1.807) is 53.4 Å². The molecule has 2 aromatic carbocycles. The molecule has 7 nitrogen and oxygen atoms in total. The van der Waals surface area contributed by atoms with Gasteiger partial charge in [0.15, 0.2) is 6.61 Å². The van der Waals surface area contributed by atoms with Crippen LogP contribution in [0.4, 0.5) is 5.69 Å². The summed E-state index contributed by atoms with van der Waals surface area (Å²) in [6, 6.07) is 15.8. The number of rotatable bonds is 7. The van der Waals surface area contributed by atoms with Gasteiger partial charge in [-0.05, 0) is 37.1 Å². The van der Waals surface area contributed by atoms with Crippen molar-refractivity contribution in [3.05, 3.63) is 59.7 Å². The fourth-order valence-corrected chi connectivity index (χ4v) is 3.17. The second-order valence-electron chi connectivity index (χ2n) is 6.74. The van der Waals surface area contributed by atoms with Crippen LogP contribution in [0.2, 0.25) is 0 Å². The van der Waals surface area contributed by atoms with Gasteiger partial charge in [0.25, 0.3) is 11.8 Å². The first kappa shape index (κ1) is 20.9. The van der Waals surface area contributed by atoms with Crippen LogP contribution in [-0.2, 0) is 9.59 Å². The first-order valence-corrected chi connectivity index (χ1v) is 9.68. The molecule has 0 saturated carbocycles. The van der Waals surface area contributed by atoms with Crippen molar-refractivity contribution in [2.24, 2.45) is 0 Å². The normalized spacial score (nSPS) is 13.5. The molecule has 154 valence electrons. The molecule has 2 amide bonds. The average molecular weight is 405 g/mol. The Balaban J connectivity index is 1.74. The molecule has 7 heteroatoms. The van der Waals surface area contributed by atoms with Crippen molar-refractivity contribution in [3.63, 3.8) is 0 Å². The first-order chi connectivity index (χ1) is 14.6. The number of nitrogens with zero attached hydrogens (tertiary/aromatic N) is 2.